The number of nitrogens with zero attached hydrogens (tertiary/aromatic N) is 1. The van der Waals surface area contributed by atoms with Crippen LogP contribution in [0.2, 0.25) is 5.02 Å². The number of hydrogen-bond acceptors (Lipinski definition) is 1. The second-order valence-electron chi connectivity index (χ2n) is 3.40. The molecule has 0 spiro atoms. The Kier molecular flexibility index (Phi) is 2.79. The lowest BCUT2D eigenvalue weighted by Gasteiger charge is -2.10. The van der Waals surface area contributed by atoms with Gasteiger partial charge in [-0.15, -0.1) is 0 Å². The van der Waals surface area contributed by atoms with Crippen LogP contribution in [0.3, 0.4) is 0 Å². The Morgan fingerprint density at radius 3 is 2.56 bits per heavy atom. The lowest BCUT2D eigenvalue weighted by atomic mass is 10.1. The van der Waals surface area contributed by atoms with E-state index in [1.54, 1.807) is 25.2 Å². The summed E-state index contributed by atoms with van der Waals surface area (Å²) in [6, 6.07) is 9.10. The average molecular weight is 238 g/mol. The van der Waals surface area contributed by atoms with Crippen LogP contribution in [-0.4, -0.2) is 4.57 Å². The van der Waals surface area contributed by atoms with Gasteiger partial charge in [-0.1, -0.05) is 23.7 Å². The summed E-state index contributed by atoms with van der Waals surface area (Å²) >= 11 is 5.93. The van der Waals surface area contributed by atoms with Gasteiger partial charge < -0.3 is 4.57 Å². The maximum Gasteiger partial charge on any atom is 0.250 e. The summed E-state index contributed by atoms with van der Waals surface area (Å²) < 4.78 is 15.0. The monoisotopic (exact) mass is 237 g/mol. The molecule has 2 aromatic rings. The summed E-state index contributed by atoms with van der Waals surface area (Å²) in [6.07, 6.45) is 0. The van der Waals surface area contributed by atoms with Gasteiger partial charge in [0.05, 0.1) is 16.3 Å². The smallest absolute Gasteiger partial charge is 0.250 e. The van der Waals surface area contributed by atoms with Crippen LogP contribution in [0.15, 0.2) is 41.2 Å². The Bertz CT molecular complexity index is 572. The van der Waals surface area contributed by atoms with Gasteiger partial charge in [0.1, 0.15) is 5.82 Å². The normalized spacial score (nSPS) is 10.4. The van der Waals surface area contributed by atoms with Crippen molar-refractivity contribution in [1.29, 1.82) is 0 Å². The number of rotatable bonds is 1. The van der Waals surface area contributed by atoms with E-state index in [9.17, 15) is 9.18 Å². The third-order valence-electron chi connectivity index (χ3n) is 2.40. The SMILES string of the molecule is Cn1c(-c2c(F)cccc2Cl)cccc1=O. The van der Waals surface area contributed by atoms with Crippen LogP contribution in [-0.2, 0) is 7.05 Å². The van der Waals surface area contributed by atoms with Crippen molar-refractivity contribution >= 4 is 11.6 Å². The van der Waals surface area contributed by atoms with Gasteiger partial charge in [-0.25, -0.2) is 4.39 Å². The fraction of sp³-hybridized carbons (Fsp3) is 0.0833. The molecule has 1 heterocycles. The maximum atomic E-state index is 13.6. The van der Waals surface area contributed by atoms with E-state index in [1.807, 2.05) is 0 Å². The largest absolute Gasteiger partial charge is 0.311 e. The van der Waals surface area contributed by atoms with Crippen LogP contribution >= 0.6 is 11.6 Å². The van der Waals surface area contributed by atoms with Crippen LogP contribution in [0.1, 0.15) is 0 Å². The summed E-state index contributed by atoms with van der Waals surface area (Å²) in [7, 11) is 1.58. The van der Waals surface area contributed by atoms with E-state index in [1.165, 1.54) is 22.8 Å². The summed E-state index contributed by atoms with van der Waals surface area (Å²) in [5.41, 5.74) is 0.525. The first-order valence-electron chi connectivity index (χ1n) is 4.71. The molecule has 82 valence electrons. The Labute approximate surface area is 96.9 Å². The molecule has 0 aliphatic carbocycles. The highest BCUT2D eigenvalue weighted by Gasteiger charge is 2.11. The van der Waals surface area contributed by atoms with E-state index >= 15 is 0 Å². The molecule has 0 fully saturated rings. The zero-order valence-corrected chi connectivity index (χ0v) is 9.33. The molecule has 2 nitrogen and oxygen atoms in total. The van der Waals surface area contributed by atoms with Gasteiger partial charge in [-0.3, -0.25) is 4.79 Å². The van der Waals surface area contributed by atoms with Crippen LogP contribution in [0.25, 0.3) is 11.3 Å². The summed E-state index contributed by atoms with van der Waals surface area (Å²) in [5.74, 6) is -0.436. The Morgan fingerprint density at radius 2 is 1.88 bits per heavy atom. The molecule has 1 aromatic heterocycles. The minimum Gasteiger partial charge on any atom is -0.311 e. The van der Waals surface area contributed by atoms with Gasteiger partial charge in [-0.05, 0) is 18.2 Å². The number of pyridine rings is 1. The van der Waals surface area contributed by atoms with Gasteiger partial charge in [-0.2, -0.15) is 0 Å². The first kappa shape index (κ1) is 10.9. The van der Waals surface area contributed by atoms with Crippen molar-refractivity contribution in [3.8, 4) is 11.3 Å². The summed E-state index contributed by atoms with van der Waals surface area (Å²) in [6.45, 7) is 0. The maximum absolute atomic E-state index is 13.6. The van der Waals surface area contributed by atoms with E-state index in [2.05, 4.69) is 0 Å². The van der Waals surface area contributed by atoms with Gasteiger partial charge in [0.2, 0.25) is 0 Å². The van der Waals surface area contributed by atoms with Crippen molar-refractivity contribution in [2.45, 2.75) is 0 Å². The molecular weight excluding hydrogens is 229 g/mol. The highest BCUT2D eigenvalue weighted by molar-refractivity contribution is 6.33. The number of hydrogen-bond donors (Lipinski definition) is 0. The third-order valence-corrected chi connectivity index (χ3v) is 2.72. The van der Waals surface area contributed by atoms with Crippen LogP contribution in [0.5, 0.6) is 0 Å². The summed E-state index contributed by atoms with van der Waals surface area (Å²) in [4.78, 5) is 11.4. The molecule has 16 heavy (non-hydrogen) atoms. The predicted octanol–water partition coefficient (Wildman–Crippen LogP) is 2.84. The van der Waals surface area contributed by atoms with Gasteiger partial charge >= 0.3 is 0 Å². The third kappa shape index (κ3) is 1.74. The fourth-order valence-electron chi connectivity index (χ4n) is 1.56. The molecule has 0 N–H and O–H groups in total. The minimum absolute atomic E-state index is 0.197. The molecule has 0 aliphatic heterocycles. The topological polar surface area (TPSA) is 22.0 Å². The van der Waals surface area contributed by atoms with Crippen LogP contribution in [0.4, 0.5) is 4.39 Å². The van der Waals surface area contributed by atoms with Gasteiger partial charge in [0.25, 0.3) is 5.56 Å². The van der Waals surface area contributed by atoms with E-state index in [-0.39, 0.29) is 11.1 Å². The van der Waals surface area contributed by atoms with E-state index in [0.29, 0.717) is 10.7 Å². The second-order valence-corrected chi connectivity index (χ2v) is 3.81. The highest BCUT2D eigenvalue weighted by Crippen LogP contribution is 2.29. The van der Waals surface area contributed by atoms with Crippen molar-refractivity contribution < 1.29 is 4.39 Å². The molecule has 2 rings (SSSR count). The van der Waals surface area contributed by atoms with Crippen molar-refractivity contribution in [3.63, 3.8) is 0 Å². The van der Waals surface area contributed by atoms with E-state index in [4.69, 9.17) is 11.6 Å². The van der Waals surface area contributed by atoms with Gasteiger partial charge in [0, 0.05) is 13.1 Å². The molecule has 0 saturated carbocycles. The Morgan fingerprint density at radius 1 is 1.19 bits per heavy atom. The molecule has 0 bridgehead atoms. The first-order valence-corrected chi connectivity index (χ1v) is 5.09. The number of halogens is 2. The standard InChI is InChI=1S/C12H9ClFNO/c1-15-10(6-3-7-11(15)16)12-8(13)4-2-5-9(12)14/h2-7H,1H3. The van der Waals surface area contributed by atoms with E-state index < -0.39 is 5.82 Å². The van der Waals surface area contributed by atoms with Gasteiger partial charge in [0.15, 0.2) is 0 Å². The van der Waals surface area contributed by atoms with Crippen LogP contribution in [0, 0.1) is 5.82 Å². The molecule has 0 saturated heterocycles. The first-order chi connectivity index (χ1) is 7.61. The molecule has 0 radical (unpaired) electrons. The van der Waals surface area contributed by atoms with Crippen LogP contribution < -0.4 is 5.56 Å². The molecule has 0 amide bonds. The zero-order valence-electron chi connectivity index (χ0n) is 8.58. The molecule has 0 aliphatic rings. The lowest BCUT2D eigenvalue weighted by molar-refractivity contribution is 0.629. The quantitative estimate of drug-likeness (QED) is 0.748. The number of aromatic nitrogens is 1. The molecule has 0 atom stereocenters. The number of benzene rings is 1. The highest BCUT2D eigenvalue weighted by atomic mass is 35.5. The average Bonchev–Trinajstić information content (AvgIpc) is 2.24. The van der Waals surface area contributed by atoms with Crippen molar-refractivity contribution in [3.05, 3.63) is 57.6 Å². The van der Waals surface area contributed by atoms with Crippen molar-refractivity contribution in [1.82, 2.24) is 4.57 Å². The fourth-order valence-corrected chi connectivity index (χ4v) is 1.82. The minimum atomic E-state index is -0.436. The van der Waals surface area contributed by atoms with E-state index in [0.717, 1.165) is 0 Å². The predicted molar refractivity (Wildman–Crippen MR) is 62.1 cm³/mol. The van der Waals surface area contributed by atoms with Crippen molar-refractivity contribution in [2.24, 2.45) is 7.05 Å². The second kappa shape index (κ2) is 4.10. The zero-order chi connectivity index (χ0) is 11.7. The molecule has 0 unspecified atom stereocenters. The lowest BCUT2D eigenvalue weighted by Crippen LogP contribution is -2.16. The van der Waals surface area contributed by atoms with Crippen molar-refractivity contribution in [2.75, 3.05) is 0 Å². The molecular formula is C12H9ClFNO. The Hall–Kier alpha value is -1.61. The Balaban J connectivity index is 2.78. The molecule has 4 heteroatoms. The summed E-state index contributed by atoms with van der Waals surface area (Å²) in [5, 5.41) is 0.293. The molecule has 1 aromatic carbocycles.